The number of furan rings is 1. The second-order valence-electron chi connectivity index (χ2n) is 7.69. The summed E-state index contributed by atoms with van der Waals surface area (Å²) in [5, 5.41) is 6.13. The molecule has 0 aliphatic rings. The van der Waals surface area contributed by atoms with Gasteiger partial charge in [0.1, 0.15) is 11.3 Å². The van der Waals surface area contributed by atoms with Crippen molar-refractivity contribution in [2.75, 3.05) is 27.7 Å². The second kappa shape index (κ2) is 8.20. The number of rotatable bonds is 6. The Morgan fingerprint density at radius 2 is 1.87 bits per heavy atom. The Labute approximate surface area is 176 Å². The molecule has 0 radical (unpaired) electrons. The lowest BCUT2D eigenvalue weighted by atomic mass is 10.0. The van der Waals surface area contributed by atoms with Crippen LogP contribution in [0.15, 0.2) is 65.1 Å². The van der Waals surface area contributed by atoms with E-state index >= 15 is 0 Å². The largest absolute Gasteiger partial charge is 0.497 e. The van der Waals surface area contributed by atoms with Crippen LogP contribution in [-0.4, -0.2) is 38.6 Å². The summed E-state index contributed by atoms with van der Waals surface area (Å²) >= 11 is 0. The van der Waals surface area contributed by atoms with Gasteiger partial charge in [-0.3, -0.25) is 4.79 Å². The SMILES string of the molecule is COc1cccc(C(CNC(=O)c2oc3c(ccc4ccccc43)c2C)N(C)C)c1. The summed E-state index contributed by atoms with van der Waals surface area (Å²) in [5.41, 5.74) is 2.69. The molecule has 0 aliphatic carbocycles. The molecule has 1 N–H and O–H groups in total. The molecule has 1 amide bonds. The van der Waals surface area contributed by atoms with Crippen LogP contribution in [0.5, 0.6) is 5.75 Å². The molecule has 5 heteroatoms. The number of aryl methyl sites for hydroxylation is 1. The van der Waals surface area contributed by atoms with Gasteiger partial charge in [-0.25, -0.2) is 0 Å². The minimum atomic E-state index is -0.206. The molecule has 0 bridgehead atoms. The van der Waals surface area contributed by atoms with Crippen molar-refractivity contribution in [1.82, 2.24) is 10.2 Å². The summed E-state index contributed by atoms with van der Waals surface area (Å²) in [7, 11) is 5.64. The number of methoxy groups -OCH3 is 1. The minimum Gasteiger partial charge on any atom is -0.497 e. The summed E-state index contributed by atoms with van der Waals surface area (Å²) in [6.45, 7) is 2.39. The van der Waals surface area contributed by atoms with E-state index in [-0.39, 0.29) is 11.9 Å². The quantitative estimate of drug-likeness (QED) is 0.497. The Balaban J connectivity index is 1.60. The Morgan fingerprint density at radius 3 is 2.63 bits per heavy atom. The molecular formula is C25H26N2O3. The fraction of sp³-hybridized carbons (Fsp3) is 0.240. The van der Waals surface area contributed by atoms with Crippen molar-refractivity contribution < 1.29 is 13.9 Å². The van der Waals surface area contributed by atoms with Crippen LogP contribution in [-0.2, 0) is 0 Å². The maximum Gasteiger partial charge on any atom is 0.287 e. The number of benzene rings is 3. The Bertz CT molecular complexity index is 1210. The van der Waals surface area contributed by atoms with E-state index in [9.17, 15) is 4.79 Å². The number of hydrogen-bond donors (Lipinski definition) is 1. The van der Waals surface area contributed by atoms with Crippen LogP contribution in [0.4, 0.5) is 0 Å². The van der Waals surface area contributed by atoms with Crippen molar-refractivity contribution in [2.45, 2.75) is 13.0 Å². The summed E-state index contributed by atoms with van der Waals surface area (Å²) in [6, 6.07) is 20.0. The molecule has 0 aliphatic heterocycles. The molecule has 5 nitrogen and oxygen atoms in total. The van der Waals surface area contributed by atoms with E-state index in [0.29, 0.717) is 12.3 Å². The molecule has 30 heavy (non-hydrogen) atoms. The fourth-order valence-corrected chi connectivity index (χ4v) is 3.88. The lowest BCUT2D eigenvalue weighted by Gasteiger charge is -2.25. The van der Waals surface area contributed by atoms with Crippen LogP contribution >= 0.6 is 0 Å². The van der Waals surface area contributed by atoms with Gasteiger partial charge in [0.15, 0.2) is 5.76 Å². The predicted molar refractivity (Wildman–Crippen MR) is 120 cm³/mol. The number of carbonyl (C=O) groups is 1. The maximum atomic E-state index is 13.0. The average Bonchev–Trinajstić information content (AvgIpc) is 3.11. The third-order valence-electron chi connectivity index (χ3n) is 5.59. The van der Waals surface area contributed by atoms with Crippen molar-refractivity contribution in [3.05, 3.63) is 77.6 Å². The van der Waals surface area contributed by atoms with E-state index in [2.05, 4.69) is 16.3 Å². The van der Waals surface area contributed by atoms with Gasteiger partial charge in [-0.2, -0.15) is 0 Å². The summed E-state index contributed by atoms with van der Waals surface area (Å²) in [4.78, 5) is 15.1. The number of nitrogens with one attached hydrogen (secondary N) is 1. The predicted octanol–water partition coefficient (Wildman–Crippen LogP) is 4.94. The number of hydrogen-bond acceptors (Lipinski definition) is 4. The van der Waals surface area contributed by atoms with Crippen LogP contribution < -0.4 is 10.1 Å². The third-order valence-corrected chi connectivity index (χ3v) is 5.59. The summed E-state index contributed by atoms with van der Waals surface area (Å²) < 4.78 is 11.4. The van der Waals surface area contributed by atoms with Gasteiger partial charge < -0.3 is 19.4 Å². The zero-order valence-electron chi connectivity index (χ0n) is 17.7. The van der Waals surface area contributed by atoms with E-state index in [1.807, 2.05) is 75.6 Å². The number of likely N-dealkylation sites (N-methyl/N-ethyl adjacent to an activating group) is 1. The molecule has 3 aromatic carbocycles. The van der Waals surface area contributed by atoms with Crippen molar-refractivity contribution in [2.24, 2.45) is 0 Å². The standard InChI is InChI=1S/C25H26N2O3/c1-16-20-13-12-17-8-5-6-11-21(17)24(20)30-23(16)25(28)26-15-22(27(2)3)18-9-7-10-19(14-18)29-4/h5-14,22H,15H2,1-4H3,(H,26,28). The van der Waals surface area contributed by atoms with Crippen LogP contribution in [0.2, 0.25) is 0 Å². The van der Waals surface area contributed by atoms with Crippen molar-refractivity contribution in [3.8, 4) is 5.75 Å². The van der Waals surface area contributed by atoms with Crippen molar-refractivity contribution in [3.63, 3.8) is 0 Å². The number of amides is 1. The first-order valence-electron chi connectivity index (χ1n) is 9.99. The van der Waals surface area contributed by atoms with E-state index in [1.165, 1.54) is 0 Å². The highest BCUT2D eigenvalue weighted by Crippen LogP contribution is 2.32. The highest BCUT2D eigenvalue weighted by atomic mass is 16.5. The maximum absolute atomic E-state index is 13.0. The lowest BCUT2D eigenvalue weighted by molar-refractivity contribution is 0.0915. The minimum absolute atomic E-state index is 0.00886. The zero-order valence-corrected chi connectivity index (χ0v) is 17.7. The Kier molecular flexibility index (Phi) is 5.46. The zero-order chi connectivity index (χ0) is 21.3. The molecule has 1 atom stereocenters. The molecule has 1 aromatic heterocycles. The van der Waals surface area contributed by atoms with Gasteiger partial charge in [0.25, 0.3) is 5.91 Å². The van der Waals surface area contributed by atoms with Crippen LogP contribution in [0.25, 0.3) is 21.7 Å². The van der Waals surface area contributed by atoms with Crippen LogP contribution in [0, 0.1) is 6.92 Å². The van der Waals surface area contributed by atoms with E-state index in [1.54, 1.807) is 7.11 Å². The molecule has 0 saturated heterocycles. The fourth-order valence-electron chi connectivity index (χ4n) is 3.88. The van der Waals surface area contributed by atoms with Gasteiger partial charge in [-0.1, -0.05) is 48.5 Å². The molecule has 1 heterocycles. The number of carbonyl (C=O) groups excluding carboxylic acids is 1. The third kappa shape index (κ3) is 3.64. The van der Waals surface area contributed by atoms with E-state index < -0.39 is 0 Å². The highest BCUT2D eigenvalue weighted by molar-refractivity contribution is 6.08. The van der Waals surface area contributed by atoms with Gasteiger partial charge in [-0.05, 0) is 44.1 Å². The van der Waals surface area contributed by atoms with Gasteiger partial charge in [0, 0.05) is 22.9 Å². The van der Waals surface area contributed by atoms with Crippen LogP contribution in [0.1, 0.15) is 27.7 Å². The molecule has 154 valence electrons. The molecule has 4 rings (SSSR count). The summed E-state index contributed by atoms with van der Waals surface area (Å²) in [5.74, 6) is 0.956. The van der Waals surface area contributed by atoms with Gasteiger partial charge in [0.2, 0.25) is 0 Å². The molecule has 0 spiro atoms. The van der Waals surface area contributed by atoms with Crippen molar-refractivity contribution >= 4 is 27.6 Å². The van der Waals surface area contributed by atoms with Gasteiger partial charge >= 0.3 is 0 Å². The first-order chi connectivity index (χ1) is 14.5. The number of ether oxygens (including phenoxy) is 1. The first kappa shape index (κ1) is 20.0. The average molecular weight is 402 g/mol. The van der Waals surface area contributed by atoms with E-state index in [0.717, 1.165) is 38.6 Å². The van der Waals surface area contributed by atoms with Gasteiger partial charge in [0.05, 0.1) is 13.2 Å². The Morgan fingerprint density at radius 1 is 1.07 bits per heavy atom. The normalized spacial score (nSPS) is 12.4. The van der Waals surface area contributed by atoms with Gasteiger partial charge in [-0.15, -0.1) is 0 Å². The van der Waals surface area contributed by atoms with E-state index in [4.69, 9.17) is 9.15 Å². The summed E-state index contributed by atoms with van der Waals surface area (Å²) in [6.07, 6.45) is 0. The van der Waals surface area contributed by atoms with Crippen LogP contribution in [0.3, 0.4) is 0 Å². The number of nitrogens with zero attached hydrogens (tertiary/aromatic N) is 1. The van der Waals surface area contributed by atoms with Crippen molar-refractivity contribution in [1.29, 1.82) is 0 Å². The Hall–Kier alpha value is -3.31. The smallest absolute Gasteiger partial charge is 0.287 e. The number of fused-ring (bicyclic) bond motifs is 3. The monoisotopic (exact) mass is 402 g/mol. The molecular weight excluding hydrogens is 376 g/mol. The topological polar surface area (TPSA) is 54.7 Å². The first-order valence-corrected chi connectivity index (χ1v) is 9.99. The molecule has 0 saturated carbocycles. The molecule has 0 fully saturated rings. The highest BCUT2D eigenvalue weighted by Gasteiger charge is 2.21. The lowest BCUT2D eigenvalue weighted by Crippen LogP contribution is -2.34. The second-order valence-corrected chi connectivity index (χ2v) is 7.69. The molecule has 4 aromatic rings. The molecule has 1 unspecified atom stereocenters.